The fourth-order valence-electron chi connectivity index (χ4n) is 1.87. The number of hydrogen-bond acceptors (Lipinski definition) is 4. The molecule has 4 nitrogen and oxygen atoms in total. The van der Waals surface area contributed by atoms with Gasteiger partial charge in [0, 0.05) is 18.3 Å². The lowest BCUT2D eigenvalue weighted by Gasteiger charge is -2.11. The molecule has 1 N–H and O–H groups in total. The number of ether oxygens (including phenoxy) is 2. The first-order valence-corrected chi connectivity index (χ1v) is 7.62. The summed E-state index contributed by atoms with van der Waals surface area (Å²) in [7, 11) is 1.64. The molecule has 0 aliphatic carbocycles. The summed E-state index contributed by atoms with van der Waals surface area (Å²) in [4.78, 5) is 4.49. The zero-order valence-corrected chi connectivity index (χ0v) is 14.0. The van der Waals surface area contributed by atoms with Crippen molar-refractivity contribution in [1.29, 1.82) is 0 Å². The lowest BCUT2D eigenvalue weighted by atomic mass is 10.2. The summed E-state index contributed by atoms with van der Waals surface area (Å²) in [5.41, 5.74) is 2.15. The summed E-state index contributed by atoms with van der Waals surface area (Å²) in [5, 5.41) is 3.29. The van der Waals surface area contributed by atoms with Crippen LogP contribution in [0.15, 0.2) is 34.8 Å². The molecule has 0 fully saturated rings. The molecule has 0 aliphatic rings. The van der Waals surface area contributed by atoms with Gasteiger partial charge in [-0.3, -0.25) is 0 Å². The number of aryl methyl sites for hydroxylation is 1. The first kappa shape index (κ1) is 15.8. The molecule has 2 aromatic rings. The monoisotopic (exact) mass is 350 g/mol. The Kier molecular flexibility index (Phi) is 5.59. The number of methoxy groups -OCH3 is 1. The normalized spacial score (nSPS) is 10.5. The predicted molar refractivity (Wildman–Crippen MR) is 87.1 cm³/mol. The Bertz CT molecular complexity index is 617. The van der Waals surface area contributed by atoms with Gasteiger partial charge >= 0.3 is 0 Å². The molecule has 0 radical (unpaired) electrons. The van der Waals surface area contributed by atoms with E-state index in [-0.39, 0.29) is 0 Å². The molecule has 0 aliphatic heterocycles. The molecular formula is C16H19BrN2O2. The molecule has 1 aromatic heterocycles. The highest BCUT2D eigenvalue weighted by Crippen LogP contribution is 2.32. The molecule has 5 heteroatoms. The van der Waals surface area contributed by atoms with Gasteiger partial charge in [-0.15, -0.1) is 0 Å². The van der Waals surface area contributed by atoms with Crippen molar-refractivity contribution in [2.24, 2.45) is 0 Å². The lowest BCUT2D eigenvalue weighted by molar-refractivity contribution is 0.411. The van der Waals surface area contributed by atoms with Crippen LogP contribution in [-0.2, 0) is 6.54 Å². The molecule has 1 aromatic carbocycles. The van der Waals surface area contributed by atoms with E-state index in [9.17, 15) is 0 Å². The Hall–Kier alpha value is -1.59. The molecule has 112 valence electrons. The van der Waals surface area contributed by atoms with Gasteiger partial charge in [0.05, 0.1) is 11.6 Å². The SMILES string of the molecule is CCNCc1ccc(Oc2ccc(OC)cc2Br)nc1C. The van der Waals surface area contributed by atoms with E-state index in [0.717, 1.165) is 29.0 Å². The Labute approximate surface area is 133 Å². The van der Waals surface area contributed by atoms with Gasteiger partial charge in [-0.2, -0.15) is 0 Å². The van der Waals surface area contributed by atoms with Crippen LogP contribution in [-0.4, -0.2) is 18.6 Å². The van der Waals surface area contributed by atoms with Crippen molar-refractivity contribution >= 4 is 15.9 Å². The number of rotatable bonds is 6. The minimum absolute atomic E-state index is 0.582. The summed E-state index contributed by atoms with van der Waals surface area (Å²) in [6.45, 7) is 5.84. The summed E-state index contributed by atoms with van der Waals surface area (Å²) in [5.74, 6) is 2.07. The lowest BCUT2D eigenvalue weighted by Crippen LogP contribution is -2.13. The van der Waals surface area contributed by atoms with Gasteiger partial charge in [-0.05, 0) is 53.2 Å². The first-order valence-electron chi connectivity index (χ1n) is 6.82. The van der Waals surface area contributed by atoms with Crippen LogP contribution >= 0.6 is 15.9 Å². The highest BCUT2D eigenvalue weighted by Gasteiger charge is 2.07. The number of nitrogens with one attached hydrogen (secondary N) is 1. The molecule has 21 heavy (non-hydrogen) atoms. The number of hydrogen-bond donors (Lipinski definition) is 1. The Balaban J connectivity index is 2.14. The van der Waals surface area contributed by atoms with Crippen LogP contribution < -0.4 is 14.8 Å². The molecule has 0 bridgehead atoms. The maximum Gasteiger partial charge on any atom is 0.219 e. The van der Waals surface area contributed by atoms with E-state index in [0.29, 0.717) is 11.6 Å². The van der Waals surface area contributed by atoms with Crippen LogP contribution in [0.5, 0.6) is 17.4 Å². The zero-order chi connectivity index (χ0) is 15.2. The number of halogens is 1. The van der Waals surface area contributed by atoms with Crippen molar-refractivity contribution in [3.05, 3.63) is 46.1 Å². The number of aromatic nitrogens is 1. The summed E-state index contributed by atoms with van der Waals surface area (Å²) >= 11 is 3.47. The number of nitrogens with zero attached hydrogens (tertiary/aromatic N) is 1. The fraction of sp³-hybridized carbons (Fsp3) is 0.312. The topological polar surface area (TPSA) is 43.4 Å². The molecular weight excluding hydrogens is 332 g/mol. The Morgan fingerprint density at radius 3 is 2.67 bits per heavy atom. The van der Waals surface area contributed by atoms with Crippen LogP contribution in [0.4, 0.5) is 0 Å². The van der Waals surface area contributed by atoms with Crippen molar-refractivity contribution in [3.63, 3.8) is 0 Å². The molecule has 0 spiro atoms. The smallest absolute Gasteiger partial charge is 0.219 e. The zero-order valence-electron chi connectivity index (χ0n) is 12.4. The largest absolute Gasteiger partial charge is 0.497 e. The third kappa shape index (κ3) is 4.19. The average Bonchev–Trinajstić information content (AvgIpc) is 2.48. The second kappa shape index (κ2) is 7.43. The van der Waals surface area contributed by atoms with Crippen molar-refractivity contribution in [3.8, 4) is 17.4 Å². The van der Waals surface area contributed by atoms with Gasteiger partial charge in [0.25, 0.3) is 0 Å². The fourth-order valence-corrected chi connectivity index (χ4v) is 2.31. The second-order valence-electron chi connectivity index (χ2n) is 4.57. The van der Waals surface area contributed by atoms with Gasteiger partial charge < -0.3 is 14.8 Å². The number of benzene rings is 1. The molecule has 1 heterocycles. The first-order chi connectivity index (χ1) is 10.1. The standard InChI is InChI=1S/C16H19BrN2O2/c1-4-18-10-12-5-8-16(19-11(12)2)21-15-7-6-13(20-3)9-14(15)17/h5-9,18H,4,10H2,1-3H3. The number of pyridine rings is 1. The van der Waals surface area contributed by atoms with E-state index in [4.69, 9.17) is 9.47 Å². The molecule has 0 atom stereocenters. The van der Waals surface area contributed by atoms with Gasteiger partial charge in [-0.25, -0.2) is 4.98 Å². The quantitative estimate of drug-likeness (QED) is 0.852. The minimum Gasteiger partial charge on any atom is -0.497 e. The van der Waals surface area contributed by atoms with E-state index in [2.05, 4.69) is 33.2 Å². The molecule has 0 saturated heterocycles. The van der Waals surface area contributed by atoms with Crippen LogP contribution in [0.25, 0.3) is 0 Å². The molecule has 0 unspecified atom stereocenters. The van der Waals surface area contributed by atoms with E-state index in [1.165, 1.54) is 5.56 Å². The van der Waals surface area contributed by atoms with Crippen LogP contribution in [0, 0.1) is 6.92 Å². The van der Waals surface area contributed by atoms with E-state index in [1.54, 1.807) is 7.11 Å². The van der Waals surface area contributed by atoms with Gasteiger partial charge in [0.1, 0.15) is 11.5 Å². The maximum atomic E-state index is 5.81. The third-order valence-corrected chi connectivity index (χ3v) is 3.71. The Morgan fingerprint density at radius 1 is 1.24 bits per heavy atom. The van der Waals surface area contributed by atoms with E-state index < -0.39 is 0 Å². The predicted octanol–water partition coefficient (Wildman–Crippen LogP) is 4.06. The summed E-state index contributed by atoms with van der Waals surface area (Å²) < 4.78 is 11.8. The third-order valence-electron chi connectivity index (χ3n) is 3.09. The Morgan fingerprint density at radius 2 is 2.05 bits per heavy atom. The molecule has 0 amide bonds. The van der Waals surface area contributed by atoms with Crippen molar-refractivity contribution in [2.45, 2.75) is 20.4 Å². The van der Waals surface area contributed by atoms with Gasteiger partial charge in [0.2, 0.25) is 5.88 Å². The van der Waals surface area contributed by atoms with Crippen molar-refractivity contribution in [1.82, 2.24) is 10.3 Å². The van der Waals surface area contributed by atoms with Gasteiger partial charge in [0.15, 0.2) is 0 Å². The molecule has 0 saturated carbocycles. The second-order valence-corrected chi connectivity index (χ2v) is 5.43. The maximum absolute atomic E-state index is 5.81. The highest BCUT2D eigenvalue weighted by molar-refractivity contribution is 9.10. The van der Waals surface area contributed by atoms with E-state index >= 15 is 0 Å². The van der Waals surface area contributed by atoms with Crippen LogP contribution in [0.1, 0.15) is 18.2 Å². The minimum atomic E-state index is 0.582. The van der Waals surface area contributed by atoms with Crippen molar-refractivity contribution in [2.75, 3.05) is 13.7 Å². The summed E-state index contributed by atoms with van der Waals surface area (Å²) in [6, 6.07) is 9.49. The van der Waals surface area contributed by atoms with Crippen LogP contribution in [0.3, 0.4) is 0 Å². The highest BCUT2D eigenvalue weighted by atomic mass is 79.9. The van der Waals surface area contributed by atoms with Crippen LogP contribution in [0.2, 0.25) is 0 Å². The van der Waals surface area contributed by atoms with E-state index in [1.807, 2.05) is 37.3 Å². The molecule has 2 rings (SSSR count). The van der Waals surface area contributed by atoms with Crippen molar-refractivity contribution < 1.29 is 9.47 Å². The summed E-state index contributed by atoms with van der Waals surface area (Å²) in [6.07, 6.45) is 0. The average molecular weight is 351 g/mol. The van der Waals surface area contributed by atoms with Gasteiger partial charge in [-0.1, -0.05) is 13.0 Å².